The van der Waals surface area contributed by atoms with Crippen LogP contribution in [0, 0.1) is 11.6 Å². The van der Waals surface area contributed by atoms with Crippen LogP contribution in [0.5, 0.6) is 0 Å². The number of hydrogen-bond donors (Lipinski definition) is 0. The summed E-state index contributed by atoms with van der Waals surface area (Å²) in [6, 6.07) is 10.6. The molecule has 3 aromatic rings. The number of alkyl halides is 9. The zero-order valence-corrected chi connectivity index (χ0v) is 20.2. The third-order valence-corrected chi connectivity index (χ3v) is 9.01. The number of carbonyl (C=O) groups excluding carboxylic acids is 1. The maximum absolute atomic E-state index is 13.2. The quantitative estimate of drug-likeness (QED) is 0.156. The minimum absolute atomic E-state index is 0.0696. The van der Waals surface area contributed by atoms with Gasteiger partial charge in [-0.15, -0.1) is 0 Å². The van der Waals surface area contributed by atoms with E-state index in [9.17, 15) is 44.3 Å². The molecular weight excluding hydrogens is 546 g/mol. The van der Waals surface area contributed by atoms with Crippen molar-refractivity contribution in [2.75, 3.05) is 6.61 Å². The Morgan fingerprint density at radius 1 is 0.632 bits per heavy atom. The first-order chi connectivity index (χ1) is 17.6. The van der Waals surface area contributed by atoms with Crippen molar-refractivity contribution in [3.63, 3.8) is 0 Å². The second-order valence-corrected chi connectivity index (χ2v) is 10.9. The highest BCUT2D eigenvalue weighted by Gasteiger charge is 2.47. The normalized spacial score (nSPS) is 12.5. The van der Waals surface area contributed by atoms with Crippen molar-refractivity contribution in [3.8, 4) is 11.6 Å². The zero-order valence-electron chi connectivity index (χ0n) is 19.3. The van der Waals surface area contributed by atoms with Gasteiger partial charge in [0.15, 0.2) is 7.26 Å². The highest BCUT2D eigenvalue weighted by molar-refractivity contribution is 7.99. The van der Waals surface area contributed by atoms with Crippen molar-refractivity contribution in [3.05, 3.63) is 89.5 Å². The van der Waals surface area contributed by atoms with Gasteiger partial charge in [0.05, 0.1) is 29.2 Å². The van der Waals surface area contributed by atoms with Gasteiger partial charge in [-0.3, -0.25) is 0 Å². The molecule has 0 N–H and O–H groups in total. The first-order valence-corrected chi connectivity index (χ1v) is 12.5. The van der Waals surface area contributed by atoms with Crippen LogP contribution in [-0.2, 0) is 28.1 Å². The lowest BCUT2D eigenvalue weighted by Crippen LogP contribution is -2.31. The fraction of sp³-hybridized carbons (Fsp3) is 0.192. The molecule has 0 heterocycles. The third-order valence-electron chi connectivity index (χ3n) is 5.35. The van der Waals surface area contributed by atoms with Crippen LogP contribution in [0.25, 0.3) is 0 Å². The molecule has 0 radical (unpaired) electrons. The number of ether oxygens (including phenoxy) is 1. The molecule has 0 bridgehead atoms. The van der Waals surface area contributed by atoms with Crippen LogP contribution in [0.4, 0.5) is 39.5 Å². The first kappa shape index (κ1) is 29.1. The Balaban J connectivity index is 2.37. The number of rotatable bonds is 4. The molecule has 0 fully saturated rings. The fourth-order valence-corrected chi connectivity index (χ4v) is 6.89. The monoisotopic (exact) mass is 563 g/mol. The summed E-state index contributed by atoms with van der Waals surface area (Å²) in [5.41, 5.74) is -0.406. The molecule has 3 aromatic carbocycles. The largest absolute Gasteiger partial charge is 0.456 e. The molecule has 0 aromatic heterocycles. The number of esters is 1. The maximum Gasteiger partial charge on any atom is 0.416 e. The van der Waals surface area contributed by atoms with Crippen molar-refractivity contribution in [1.82, 2.24) is 0 Å². The van der Waals surface area contributed by atoms with E-state index in [1.54, 1.807) is 0 Å². The molecule has 0 aliphatic carbocycles. The Labute approximate surface area is 211 Å². The topological polar surface area (TPSA) is 26.3 Å². The second-order valence-electron chi connectivity index (χ2n) is 7.76. The molecule has 3 rings (SSSR count). The van der Waals surface area contributed by atoms with Crippen LogP contribution in [0.2, 0.25) is 0 Å². The van der Waals surface area contributed by atoms with Gasteiger partial charge in [-0.25, -0.2) is 4.79 Å². The maximum atomic E-state index is 13.2. The second kappa shape index (κ2) is 10.7. The average Bonchev–Trinajstić information content (AvgIpc) is 2.84. The summed E-state index contributed by atoms with van der Waals surface area (Å²) in [6.07, 6.45) is -14.1. The van der Waals surface area contributed by atoms with Crippen LogP contribution >= 0.6 is 7.26 Å². The molecule has 200 valence electrons. The van der Waals surface area contributed by atoms with Crippen molar-refractivity contribution in [2.24, 2.45) is 0 Å². The predicted molar refractivity (Wildman–Crippen MR) is 125 cm³/mol. The molecule has 0 saturated heterocycles. The summed E-state index contributed by atoms with van der Waals surface area (Å²) in [6.45, 7) is 1.42. The average molecular weight is 563 g/mol. The summed E-state index contributed by atoms with van der Waals surface area (Å²) in [7, 11) is -3.61. The molecule has 0 aliphatic heterocycles. The number of hydrogen-bond acceptors (Lipinski definition) is 2. The van der Waals surface area contributed by atoms with E-state index >= 15 is 0 Å². The van der Waals surface area contributed by atoms with Crippen molar-refractivity contribution in [2.45, 2.75) is 25.5 Å². The Hall–Kier alpha value is -3.51. The number of halogens is 9. The summed E-state index contributed by atoms with van der Waals surface area (Å²) in [4.78, 5) is 12.1. The lowest BCUT2D eigenvalue weighted by atomic mass is 10.2. The van der Waals surface area contributed by atoms with Gasteiger partial charge in [0, 0.05) is 0 Å². The Morgan fingerprint density at radius 2 is 0.921 bits per heavy atom. The Bertz CT molecular complexity index is 1190. The molecule has 0 amide bonds. The van der Waals surface area contributed by atoms with Gasteiger partial charge in [-0.05, 0) is 79.7 Å². The van der Waals surface area contributed by atoms with E-state index in [4.69, 9.17) is 4.74 Å². The standard InChI is InChI=1S/C26H17F9O2P/c1-2-37-23(36)15-16-38(20-9-3-17(4-10-20)24(27,28)29,21-11-5-18(6-12-21)25(30,31)32)22-13-7-19(8-14-22)26(33,34)35/h3-14H,2H2,1H3/q+1. The molecular formula is C26H17F9O2P+. The van der Waals surface area contributed by atoms with Gasteiger partial charge in [0.1, 0.15) is 21.6 Å². The van der Waals surface area contributed by atoms with Crippen molar-refractivity contribution >= 4 is 29.1 Å². The number of carbonyl (C=O) groups is 1. The highest BCUT2D eigenvalue weighted by atomic mass is 31.2. The smallest absolute Gasteiger partial charge is 0.416 e. The van der Waals surface area contributed by atoms with Gasteiger partial charge in [-0.1, -0.05) is 0 Å². The van der Waals surface area contributed by atoms with Crippen molar-refractivity contribution in [1.29, 1.82) is 0 Å². The van der Waals surface area contributed by atoms with Crippen LogP contribution in [0.3, 0.4) is 0 Å². The van der Waals surface area contributed by atoms with Crippen LogP contribution < -0.4 is 15.9 Å². The number of benzene rings is 3. The minimum atomic E-state index is -4.71. The molecule has 0 spiro atoms. The van der Waals surface area contributed by atoms with E-state index in [-0.39, 0.29) is 22.5 Å². The van der Waals surface area contributed by atoms with E-state index < -0.39 is 48.5 Å². The molecule has 2 nitrogen and oxygen atoms in total. The van der Waals surface area contributed by atoms with Crippen LogP contribution in [0.1, 0.15) is 23.6 Å². The van der Waals surface area contributed by atoms with E-state index in [1.807, 2.05) is 0 Å². The van der Waals surface area contributed by atoms with Gasteiger partial charge >= 0.3 is 24.5 Å². The summed E-state index contributed by atoms with van der Waals surface area (Å²) < 4.78 is 124. The van der Waals surface area contributed by atoms with Gasteiger partial charge in [0.25, 0.3) is 0 Å². The zero-order chi connectivity index (χ0) is 28.4. The van der Waals surface area contributed by atoms with E-state index in [0.717, 1.165) is 72.8 Å². The Morgan fingerprint density at radius 3 is 1.16 bits per heavy atom. The van der Waals surface area contributed by atoms with E-state index in [0.29, 0.717) is 0 Å². The van der Waals surface area contributed by atoms with Crippen LogP contribution in [0.15, 0.2) is 72.8 Å². The van der Waals surface area contributed by atoms with Crippen molar-refractivity contribution < 1.29 is 49.0 Å². The predicted octanol–water partition coefficient (Wildman–Crippen LogP) is 6.56. The third kappa shape index (κ3) is 6.30. The van der Waals surface area contributed by atoms with Gasteiger partial charge < -0.3 is 4.74 Å². The lowest BCUT2D eigenvalue weighted by molar-refractivity contribution is -0.138. The van der Waals surface area contributed by atoms with E-state index in [2.05, 4.69) is 11.6 Å². The minimum Gasteiger partial charge on any atom is -0.456 e. The van der Waals surface area contributed by atoms with Gasteiger partial charge in [0.2, 0.25) is 0 Å². The SMILES string of the molecule is CCOC(=O)C#C[P+](c1ccc(C(F)(F)F)cc1)(c1ccc(C(F)(F)F)cc1)c1ccc(C(F)(F)F)cc1. The summed E-state index contributed by atoms with van der Waals surface area (Å²) >= 11 is 0. The summed E-state index contributed by atoms with van der Waals surface area (Å²) in [5.74, 6) is 1.20. The molecule has 38 heavy (non-hydrogen) atoms. The highest BCUT2D eigenvalue weighted by Crippen LogP contribution is 2.55. The molecule has 0 unspecified atom stereocenters. The molecule has 0 atom stereocenters. The lowest BCUT2D eigenvalue weighted by Gasteiger charge is -2.22. The van der Waals surface area contributed by atoms with Crippen LogP contribution in [-0.4, -0.2) is 12.6 Å². The molecule has 0 saturated carbocycles. The summed E-state index contributed by atoms with van der Waals surface area (Å²) in [5, 5.41) is 0.213. The van der Waals surface area contributed by atoms with Gasteiger partial charge in [-0.2, -0.15) is 39.5 Å². The first-order valence-electron chi connectivity index (χ1n) is 10.7. The fourth-order valence-electron chi connectivity index (χ4n) is 3.56. The molecule has 12 heteroatoms. The van der Waals surface area contributed by atoms with E-state index in [1.165, 1.54) is 6.92 Å². The Kier molecular flexibility index (Phi) is 8.18. The molecule has 0 aliphatic rings.